The second-order valence-electron chi connectivity index (χ2n) is 8.55. The molecule has 0 saturated heterocycles. The van der Waals surface area contributed by atoms with Gasteiger partial charge in [0.25, 0.3) is 5.69 Å². The van der Waals surface area contributed by atoms with Crippen LogP contribution in [0.15, 0.2) is 82.6 Å². The van der Waals surface area contributed by atoms with E-state index in [1.807, 2.05) is 43.3 Å². The maximum Gasteiger partial charge on any atom is 0.283 e. The van der Waals surface area contributed by atoms with Gasteiger partial charge in [0.15, 0.2) is 5.78 Å². The fourth-order valence-electron chi connectivity index (χ4n) is 4.22. The lowest BCUT2D eigenvalue weighted by atomic mass is 9.84. The van der Waals surface area contributed by atoms with E-state index in [2.05, 4.69) is 12.1 Å². The smallest absolute Gasteiger partial charge is 0.283 e. The maximum absolute atomic E-state index is 12.6. The monoisotopic (exact) mass is 457 g/mol. The van der Waals surface area contributed by atoms with E-state index < -0.39 is 0 Å². The number of ketones is 1. The standard InChI is InChI=1S/C28H27NO3S/c1-20-7-15-25(16-8-20)33-28-18-10-21(19-26(28)29(31)32)9-17-27(30)24-13-11-23(12-14-24)22-5-3-2-4-6-22/h7-19,22H,2-6H2,1H3. The first-order chi connectivity index (χ1) is 16.0. The molecule has 1 aliphatic carbocycles. The summed E-state index contributed by atoms with van der Waals surface area (Å²) in [6.45, 7) is 2.00. The Balaban J connectivity index is 1.46. The fourth-order valence-corrected chi connectivity index (χ4v) is 5.12. The molecule has 1 fully saturated rings. The SMILES string of the molecule is Cc1ccc(Sc2ccc(C=CC(=O)c3ccc(C4CCCCC4)cc3)cc2[N+](=O)[O-])cc1. The molecule has 0 radical (unpaired) electrons. The molecule has 168 valence electrons. The third-order valence-corrected chi connectivity index (χ3v) is 7.20. The molecule has 0 aliphatic heterocycles. The molecule has 3 aromatic carbocycles. The van der Waals surface area contributed by atoms with Gasteiger partial charge in [-0.25, -0.2) is 0 Å². The van der Waals surface area contributed by atoms with Crippen LogP contribution in [0.3, 0.4) is 0 Å². The van der Waals surface area contributed by atoms with Crippen molar-refractivity contribution >= 4 is 29.3 Å². The molecule has 4 nitrogen and oxygen atoms in total. The van der Waals surface area contributed by atoms with Crippen molar-refractivity contribution < 1.29 is 9.72 Å². The summed E-state index contributed by atoms with van der Waals surface area (Å²) in [5.41, 5.74) is 3.75. The summed E-state index contributed by atoms with van der Waals surface area (Å²) in [5.74, 6) is 0.501. The molecular formula is C28H27NO3S. The van der Waals surface area contributed by atoms with Crippen molar-refractivity contribution in [2.24, 2.45) is 0 Å². The number of hydrogen-bond acceptors (Lipinski definition) is 4. The number of nitro groups is 1. The predicted octanol–water partition coefficient (Wildman–Crippen LogP) is 8.00. The Hall–Kier alpha value is -3.18. The summed E-state index contributed by atoms with van der Waals surface area (Å²) < 4.78 is 0. The van der Waals surface area contributed by atoms with Gasteiger partial charge in [-0.2, -0.15) is 0 Å². The van der Waals surface area contributed by atoms with Crippen LogP contribution in [0.25, 0.3) is 6.08 Å². The Morgan fingerprint density at radius 3 is 2.33 bits per heavy atom. The number of rotatable bonds is 7. The van der Waals surface area contributed by atoms with Crippen molar-refractivity contribution in [2.45, 2.75) is 54.7 Å². The molecule has 0 aromatic heterocycles. The Morgan fingerprint density at radius 1 is 0.970 bits per heavy atom. The van der Waals surface area contributed by atoms with E-state index in [9.17, 15) is 14.9 Å². The van der Waals surface area contributed by atoms with Gasteiger partial charge in [-0.05, 0) is 61.1 Å². The first-order valence-corrected chi connectivity index (χ1v) is 12.2. The number of benzene rings is 3. The number of nitrogens with zero attached hydrogens (tertiary/aromatic N) is 1. The number of allylic oxidation sites excluding steroid dienone is 1. The lowest BCUT2D eigenvalue weighted by Crippen LogP contribution is -2.05. The minimum Gasteiger partial charge on any atom is -0.289 e. The number of hydrogen-bond donors (Lipinski definition) is 0. The third kappa shape index (κ3) is 5.99. The molecule has 0 unspecified atom stereocenters. The molecule has 5 heteroatoms. The largest absolute Gasteiger partial charge is 0.289 e. The molecule has 1 aliphatic rings. The first-order valence-electron chi connectivity index (χ1n) is 11.3. The van der Waals surface area contributed by atoms with E-state index in [-0.39, 0.29) is 16.4 Å². The Morgan fingerprint density at radius 2 is 1.67 bits per heavy atom. The van der Waals surface area contributed by atoms with E-state index in [4.69, 9.17) is 0 Å². The zero-order valence-corrected chi connectivity index (χ0v) is 19.5. The maximum atomic E-state index is 12.6. The summed E-state index contributed by atoms with van der Waals surface area (Å²) in [7, 11) is 0. The molecule has 0 amide bonds. The average molecular weight is 458 g/mol. The van der Waals surface area contributed by atoms with Crippen LogP contribution in [-0.2, 0) is 0 Å². The van der Waals surface area contributed by atoms with Gasteiger partial charge in [0.1, 0.15) is 0 Å². The summed E-state index contributed by atoms with van der Waals surface area (Å²) >= 11 is 1.36. The Labute approximate surface area is 198 Å². The zero-order chi connectivity index (χ0) is 23.2. The van der Waals surface area contributed by atoms with E-state index in [0.29, 0.717) is 21.9 Å². The topological polar surface area (TPSA) is 60.2 Å². The van der Waals surface area contributed by atoms with Crippen molar-refractivity contribution in [2.75, 3.05) is 0 Å². The van der Waals surface area contributed by atoms with Crippen LogP contribution in [0.1, 0.15) is 65.1 Å². The summed E-state index contributed by atoms with van der Waals surface area (Å²) in [4.78, 5) is 25.4. The van der Waals surface area contributed by atoms with Crippen molar-refractivity contribution in [1.82, 2.24) is 0 Å². The molecule has 0 N–H and O–H groups in total. The van der Waals surface area contributed by atoms with Crippen molar-refractivity contribution in [1.29, 1.82) is 0 Å². The second kappa shape index (κ2) is 10.6. The van der Waals surface area contributed by atoms with Gasteiger partial charge in [-0.15, -0.1) is 0 Å². The summed E-state index contributed by atoms with van der Waals surface area (Å²) in [6, 6.07) is 20.9. The Kier molecular flexibility index (Phi) is 7.40. The van der Waals surface area contributed by atoms with Gasteiger partial charge >= 0.3 is 0 Å². The van der Waals surface area contributed by atoms with Gasteiger partial charge in [0.2, 0.25) is 0 Å². The minimum absolute atomic E-state index is 0.0343. The highest BCUT2D eigenvalue weighted by Crippen LogP contribution is 2.36. The van der Waals surface area contributed by atoms with E-state index in [1.165, 1.54) is 61.6 Å². The van der Waals surface area contributed by atoms with Crippen LogP contribution in [0.5, 0.6) is 0 Å². The van der Waals surface area contributed by atoms with Gasteiger partial charge in [0, 0.05) is 16.5 Å². The average Bonchev–Trinajstić information content (AvgIpc) is 2.85. The third-order valence-electron chi connectivity index (χ3n) is 6.13. The zero-order valence-electron chi connectivity index (χ0n) is 18.7. The molecule has 0 bridgehead atoms. The normalized spacial score (nSPS) is 14.5. The summed E-state index contributed by atoms with van der Waals surface area (Å²) in [5, 5.41) is 11.6. The van der Waals surface area contributed by atoms with Crippen molar-refractivity contribution in [3.8, 4) is 0 Å². The van der Waals surface area contributed by atoms with E-state index in [0.717, 1.165) is 10.5 Å². The van der Waals surface area contributed by atoms with Crippen LogP contribution in [0.2, 0.25) is 0 Å². The first kappa shape index (κ1) is 23.0. The number of carbonyl (C=O) groups is 1. The molecule has 4 rings (SSSR count). The van der Waals surface area contributed by atoms with Crippen LogP contribution in [0.4, 0.5) is 5.69 Å². The number of nitro benzene ring substituents is 1. The fraction of sp³-hybridized carbons (Fsp3) is 0.250. The lowest BCUT2D eigenvalue weighted by Gasteiger charge is -2.21. The van der Waals surface area contributed by atoms with Gasteiger partial charge < -0.3 is 0 Å². The Bertz CT molecular complexity index is 1160. The molecule has 0 atom stereocenters. The van der Waals surface area contributed by atoms with Crippen LogP contribution < -0.4 is 0 Å². The highest BCUT2D eigenvalue weighted by Gasteiger charge is 2.17. The molecule has 1 saturated carbocycles. The van der Waals surface area contributed by atoms with Crippen molar-refractivity contribution in [3.05, 3.63) is 105 Å². The highest BCUT2D eigenvalue weighted by molar-refractivity contribution is 7.99. The van der Waals surface area contributed by atoms with Gasteiger partial charge in [0.05, 0.1) is 9.82 Å². The van der Waals surface area contributed by atoms with E-state index >= 15 is 0 Å². The summed E-state index contributed by atoms with van der Waals surface area (Å²) in [6.07, 6.45) is 9.47. The molecule has 33 heavy (non-hydrogen) atoms. The van der Waals surface area contributed by atoms with Gasteiger partial charge in [-0.3, -0.25) is 14.9 Å². The molecule has 0 heterocycles. The molecule has 3 aromatic rings. The van der Waals surface area contributed by atoms with E-state index in [1.54, 1.807) is 18.2 Å². The van der Waals surface area contributed by atoms with Crippen molar-refractivity contribution in [3.63, 3.8) is 0 Å². The lowest BCUT2D eigenvalue weighted by molar-refractivity contribution is -0.387. The second-order valence-corrected chi connectivity index (χ2v) is 9.67. The van der Waals surface area contributed by atoms with Crippen LogP contribution >= 0.6 is 11.8 Å². The van der Waals surface area contributed by atoms with Gasteiger partial charge in [-0.1, -0.05) is 85.1 Å². The van der Waals surface area contributed by atoms with Crippen LogP contribution in [-0.4, -0.2) is 10.7 Å². The molecular weight excluding hydrogens is 430 g/mol. The van der Waals surface area contributed by atoms with Crippen LogP contribution in [0, 0.1) is 17.0 Å². The number of carbonyl (C=O) groups excluding carboxylic acids is 1. The highest BCUT2D eigenvalue weighted by atomic mass is 32.2. The number of aryl methyl sites for hydroxylation is 1. The quantitative estimate of drug-likeness (QED) is 0.156. The molecule has 0 spiro atoms. The predicted molar refractivity (Wildman–Crippen MR) is 134 cm³/mol. The minimum atomic E-state index is -0.375.